The molecule has 0 saturated heterocycles. The molecular weight excluding hydrogens is 240 g/mol. The maximum Gasteiger partial charge on any atom is 0.234 e. The largest absolute Gasteiger partial charge is 0.393 e. The highest BCUT2D eigenvalue weighted by atomic mass is 16.3. The average molecular weight is 272 g/mol. The van der Waals surface area contributed by atoms with Crippen molar-refractivity contribution in [3.8, 4) is 0 Å². The summed E-state index contributed by atoms with van der Waals surface area (Å²) >= 11 is 0. The number of rotatable bonds is 10. The third kappa shape index (κ3) is 12.2. The van der Waals surface area contributed by atoms with Gasteiger partial charge >= 0.3 is 0 Å². The van der Waals surface area contributed by atoms with Gasteiger partial charge in [-0.1, -0.05) is 26.7 Å². The molecule has 0 aromatic rings. The second-order valence-corrected chi connectivity index (χ2v) is 6.17. The lowest BCUT2D eigenvalue weighted by molar-refractivity contribution is -0.122. The Bertz CT molecular complexity index is 242. The summed E-state index contributed by atoms with van der Waals surface area (Å²) in [5, 5.41) is 12.2. The molecule has 0 radical (unpaired) electrons. The third-order valence-electron chi connectivity index (χ3n) is 3.17. The maximum atomic E-state index is 11.8. The molecule has 2 unspecified atom stereocenters. The molecule has 4 heteroatoms. The fourth-order valence-corrected chi connectivity index (χ4v) is 1.96. The van der Waals surface area contributed by atoms with Crippen molar-refractivity contribution in [1.29, 1.82) is 0 Å². The smallest absolute Gasteiger partial charge is 0.234 e. The predicted octanol–water partition coefficient (Wildman–Crippen LogP) is 2.02. The van der Waals surface area contributed by atoms with E-state index < -0.39 is 0 Å². The highest BCUT2D eigenvalue weighted by Crippen LogP contribution is 2.08. The molecule has 1 amide bonds. The second kappa shape index (κ2) is 10.2. The monoisotopic (exact) mass is 272 g/mol. The lowest BCUT2D eigenvalue weighted by atomic mass is 10.0. The number of carbonyl (C=O) groups is 1. The molecule has 2 atom stereocenters. The topological polar surface area (TPSA) is 52.6 Å². The van der Waals surface area contributed by atoms with E-state index >= 15 is 0 Å². The summed E-state index contributed by atoms with van der Waals surface area (Å²) in [5.74, 6) is 0.805. The minimum Gasteiger partial charge on any atom is -0.393 e. The van der Waals surface area contributed by atoms with Crippen molar-refractivity contribution in [3.05, 3.63) is 0 Å². The Morgan fingerprint density at radius 3 is 2.32 bits per heavy atom. The lowest BCUT2D eigenvalue weighted by Crippen LogP contribution is -2.40. The zero-order chi connectivity index (χ0) is 14.8. The van der Waals surface area contributed by atoms with Gasteiger partial charge in [0.1, 0.15) is 0 Å². The highest BCUT2D eigenvalue weighted by molar-refractivity contribution is 5.78. The van der Waals surface area contributed by atoms with E-state index in [1.807, 2.05) is 11.9 Å². The van der Waals surface area contributed by atoms with Crippen LogP contribution in [0.3, 0.4) is 0 Å². The van der Waals surface area contributed by atoms with E-state index in [1.165, 1.54) is 6.42 Å². The van der Waals surface area contributed by atoms with Crippen LogP contribution in [0.1, 0.15) is 53.4 Å². The van der Waals surface area contributed by atoms with E-state index in [0.717, 1.165) is 25.3 Å². The first kappa shape index (κ1) is 18.4. The Morgan fingerprint density at radius 2 is 1.79 bits per heavy atom. The summed E-state index contributed by atoms with van der Waals surface area (Å²) in [5.41, 5.74) is 0. The van der Waals surface area contributed by atoms with Crippen LogP contribution in [0.25, 0.3) is 0 Å². The van der Waals surface area contributed by atoms with E-state index in [-0.39, 0.29) is 18.1 Å². The van der Waals surface area contributed by atoms with Gasteiger partial charge in [-0.05, 0) is 39.7 Å². The van der Waals surface area contributed by atoms with Crippen molar-refractivity contribution in [1.82, 2.24) is 10.2 Å². The van der Waals surface area contributed by atoms with E-state index in [2.05, 4.69) is 26.1 Å². The molecule has 4 nitrogen and oxygen atoms in total. The van der Waals surface area contributed by atoms with Crippen molar-refractivity contribution in [2.45, 2.75) is 65.5 Å². The summed E-state index contributed by atoms with van der Waals surface area (Å²) < 4.78 is 0. The zero-order valence-electron chi connectivity index (χ0n) is 13.3. The first-order valence-electron chi connectivity index (χ1n) is 7.47. The Labute approximate surface area is 118 Å². The molecule has 0 bridgehead atoms. The fourth-order valence-electron chi connectivity index (χ4n) is 1.96. The number of hydrogen-bond donors (Lipinski definition) is 2. The van der Waals surface area contributed by atoms with Crippen molar-refractivity contribution < 1.29 is 9.90 Å². The molecule has 19 heavy (non-hydrogen) atoms. The molecule has 0 aliphatic heterocycles. The number of nitrogens with one attached hydrogen (secondary N) is 1. The maximum absolute atomic E-state index is 11.8. The van der Waals surface area contributed by atoms with Crippen LogP contribution in [-0.2, 0) is 4.79 Å². The molecule has 114 valence electrons. The molecule has 0 saturated carbocycles. The quantitative estimate of drug-likeness (QED) is 0.640. The number of nitrogens with zero attached hydrogens (tertiary/aromatic N) is 1. The molecule has 0 aromatic heterocycles. The third-order valence-corrected chi connectivity index (χ3v) is 3.17. The van der Waals surface area contributed by atoms with Gasteiger partial charge in [-0.3, -0.25) is 9.69 Å². The second-order valence-electron chi connectivity index (χ2n) is 6.17. The Balaban J connectivity index is 3.71. The minimum atomic E-state index is -0.305. The van der Waals surface area contributed by atoms with Gasteiger partial charge in [0.15, 0.2) is 0 Å². The van der Waals surface area contributed by atoms with Crippen molar-refractivity contribution in [3.63, 3.8) is 0 Å². The van der Waals surface area contributed by atoms with Crippen LogP contribution in [0.4, 0.5) is 0 Å². The van der Waals surface area contributed by atoms with Gasteiger partial charge in [0, 0.05) is 12.6 Å². The molecule has 0 fully saturated rings. The van der Waals surface area contributed by atoms with E-state index in [1.54, 1.807) is 6.92 Å². The molecule has 0 heterocycles. The van der Waals surface area contributed by atoms with Crippen molar-refractivity contribution >= 4 is 5.91 Å². The van der Waals surface area contributed by atoms with E-state index in [4.69, 9.17) is 0 Å². The summed E-state index contributed by atoms with van der Waals surface area (Å²) in [4.78, 5) is 13.7. The molecular formula is C15H32N2O2. The first-order chi connectivity index (χ1) is 8.81. The fraction of sp³-hybridized carbons (Fsp3) is 0.933. The van der Waals surface area contributed by atoms with Crippen LogP contribution in [0.2, 0.25) is 0 Å². The number of aliphatic hydroxyl groups is 1. The van der Waals surface area contributed by atoms with Gasteiger partial charge in [0.05, 0.1) is 12.6 Å². The van der Waals surface area contributed by atoms with Gasteiger partial charge in [0.2, 0.25) is 5.91 Å². The number of aliphatic hydroxyl groups excluding tert-OH is 1. The summed E-state index contributed by atoms with van der Waals surface area (Å²) in [6.07, 6.45) is 3.82. The molecule has 0 spiro atoms. The first-order valence-corrected chi connectivity index (χ1v) is 7.47. The van der Waals surface area contributed by atoms with E-state index in [0.29, 0.717) is 13.0 Å². The van der Waals surface area contributed by atoms with Gasteiger partial charge in [-0.2, -0.15) is 0 Å². The lowest BCUT2D eigenvalue weighted by Gasteiger charge is -2.19. The van der Waals surface area contributed by atoms with Crippen LogP contribution in [0.15, 0.2) is 0 Å². The van der Waals surface area contributed by atoms with Crippen LogP contribution < -0.4 is 5.32 Å². The Kier molecular flexibility index (Phi) is 9.88. The average Bonchev–Trinajstić information content (AvgIpc) is 2.25. The Morgan fingerprint density at radius 1 is 1.16 bits per heavy atom. The number of amides is 1. The zero-order valence-corrected chi connectivity index (χ0v) is 13.3. The number of hydrogen-bond acceptors (Lipinski definition) is 3. The standard InChI is InChI=1S/C15H32N2O2/c1-12(2)7-6-8-13(3)16-15(19)11-17(5)10-9-14(4)18/h12-14,18H,6-11H2,1-5H3,(H,16,19). The van der Waals surface area contributed by atoms with E-state index in [9.17, 15) is 9.90 Å². The number of likely N-dealkylation sites (N-methyl/N-ethyl adjacent to an activating group) is 1. The summed E-state index contributed by atoms with van der Waals surface area (Å²) in [7, 11) is 1.91. The molecule has 0 aliphatic rings. The van der Waals surface area contributed by atoms with Gasteiger partial charge in [0.25, 0.3) is 0 Å². The molecule has 0 rings (SSSR count). The van der Waals surface area contributed by atoms with Crippen LogP contribution in [0.5, 0.6) is 0 Å². The predicted molar refractivity (Wildman–Crippen MR) is 80.1 cm³/mol. The van der Waals surface area contributed by atoms with Gasteiger partial charge < -0.3 is 10.4 Å². The normalized spacial score (nSPS) is 14.7. The SMILES string of the molecule is CC(C)CCCC(C)NC(=O)CN(C)CCC(C)O. The van der Waals surface area contributed by atoms with Crippen LogP contribution in [-0.4, -0.2) is 48.2 Å². The highest BCUT2D eigenvalue weighted by Gasteiger charge is 2.10. The van der Waals surface area contributed by atoms with Gasteiger partial charge in [-0.25, -0.2) is 0 Å². The van der Waals surface area contributed by atoms with Crippen molar-refractivity contribution in [2.75, 3.05) is 20.1 Å². The molecule has 0 aliphatic carbocycles. The van der Waals surface area contributed by atoms with Crippen LogP contribution >= 0.6 is 0 Å². The summed E-state index contributed by atoms with van der Waals surface area (Å²) in [6, 6.07) is 0.247. The van der Waals surface area contributed by atoms with Crippen LogP contribution in [0, 0.1) is 5.92 Å². The van der Waals surface area contributed by atoms with Crippen molar-refractivity contribution in [2.24, 2.45) is 5.92 Å². The molecule has 2 N–H and O–H groups in total. The summed E-state index contributed by atoms with van der Waals surface area (Å²) in [6.45, 7) is 9.42. The molecule has 0 aromatic carbocycles. The number of carbonyl (C=O) groups excluding carboxylic acids is 1. The Hall–Kier alpha value is -0.610. The van der Waals surface area contributed by atoms with Gasteiger partial charge in [-0.15, -0.1) is 0 Å². The minimum absolute atomic E-state index is 0.0742.